The molecule has 0 fully saturated rings. The Kier molecular flexibility index (Phi) is 9.26. The number of hydrazine groups is 1. The van der Waals surface area contributed by atoms with Crippen LogP contribution in [-0.2, 0) is 21.6 Å². The van der Waals surface area contributed by atoms with Crippen molar-refractivity contribution in [2.24, 2.45) is 9.98 Å². The summed E-state index contributed by atoms with van der Waals surface area (Å²) in [6.07, 6.45) is 1.60. The fraction of sp³-hybridized carbons (Fsp3) is 0.483. The number of carbonyl (C=O) groups excluding carboxylic acids is 1. The summed E-state index contributed by atoms with van der Waals surface area (Å²) in [5.74, 6) is 1.17. The number of amides is 1. The van der Waals surface area contributed by atoms with Gasteiger partial charge in [0, 0.05) is 26.1 Å². The predicted octanol–water partition coefficient (Wildman–Crippen LogP) is 5.12. The third kappa shape index (κ3) is 7.40. The number of amidine groups is 1. The molecule has 1 heterocycles. The smallest absolute Gasteiger partial charge is 0.235 e. The van der Waals surface area contributed by atoms with Crippen molar-refractivity contribution in [2.75, 3.05) is 13.6 Å². The van der Waals surface area contributed by atoms with Crippen LogP contribution in [0.25, 0.3) is 0 Å². The van der Waals surface area contributed by atoms with Crippen LogP contribution in [-0.4, -0.2) is 53.5 Å². The SMILES string of the molecule is CCC(CCN(C)C1=NC(c2ccc(C(C)(C)C)cc2)=NC(C)N1NC(C)=O)OCc1ccccc1. The number of rotatable bonds is 9. The van der Waals surface area contributed by atoms with Crippen molar-refractivity contribution in [3.63, 3.8) is 0 Å². The van der Waals surface area contributed by atoms with Gasteiger partial charge in [-0.2, -0.15) is 4.99 Å². The second-order valence-corrected chi connectivity index (χ2v) is 10.4. The van der Waals surface area contributed by atoms with Crippen molar-refractivity contribution < 1.29 is 9.53 Å². The third-order valence-corrected chi connectivity index (χ3v) is 6.30. The van der Waals surface area contributed by atoms with Crippen molar-refractivity contribution in [1.82, 2.24) is 15.3 Å². The molecule has 0 saturated heterocycles. The minimum Gasteiger partial charge on any atom is -0.373 e. The molecule has 1 aliphatic rings. The van der Waals surface area contributed by atoms with E-state index in [1.165, 1.54) is 18.1 Å². The van der Waals surface area contributed by atoms with Gasteiger partial charge in [-0.25, -0.2) is 10.0 Å². The summed E-state index contributed by atoms with van der Waals surface area (Å²) < 4.78 is 6.18. The van der Waals surface area contributed by atoms with E-state index in [-0.39, 0.29) is 23.6 Å². The highest BCUT2D eigenvalue weighted by atomic mass is 16.5. The molecular formula is C29H41N5O2. The van der Waals surface area contributed by atoms with Gasteiger partial charge in [0.05, 0.1) is 12.7 Å². The van der Waals surface area contributed by atoms with Crippen LogP contribution in [0.4, 0.5) is 0 Å². The van der Waals surface area contributed by atoms with Gasteiger partial charge in [-0.1, -0.05) is 82.3 Å². The van der Waals surface area contributed by atoms with E-state index in [1.807, 2.05) is 32.2 Å². The number of ether oxygens (including phenoxy) is 1. The molecule has 2 aromatic carbocycles. The standard InChI is InChI=1S/C29H41N5O2/c1-8-26(36-20-23-12-10-9-11-13-23)18-19-33(7)28-31-27(30-21(2)34(28)32-22(3)35)24-14-16-25(17-15-24)29(4,5)6/h9-17,21,26H,8,18-20H2,1-7H3,(H,32,35). The van der Waals surface area contributed by atoms with Crippen molar-refractivity contribution >= 4 is 17.7 Å². The van der Waals surface area contributed by atoms with Crippen molar-refractivity contribution in [2.45, 2.75) is 78.7 Å². The molecule has 194 valence electrons. The summed E-state index contributed by atoms with van der Waals surface area (Å²) >= 11 is 0. The van der Waals surface area contributed by atoms with Crippen molar-refractivity contribution in [3.8, 4) is 0 Å². The summed E-state index contributed by atoms with van der Waals surface area (Å²) in [6, 6.07) is 18.7. The molecule has 36 heavy (non-hydrogen) atoms. The van der Waals surface area contributed by atoms with Gasteiger partial charge < -0.3 is 9.64 Å². The lowest BCUT2D eigenvalue weighted by atomic mass is 9.86. The molecule has 0 aromatic heterocycles. The fourth-order valence-corrected chi connectivity index (χ4v) is 4.05. The second kappa shape index (κ2) is 12.2. The van der Waals surface area contributed by atoms with E-state index >= 15 is 0 Å². The van der Waals surface area contributed by atoms with Gasteiger partial charge in [0.25, 0.3) is 0 Å². The summed E-state index contributed by atoms with van der Waals surface area (Å²) in [5.41, 5.74) is 6.37. The maximum absolute atomic E-state index is 11.9. The van der Waals surface area contributed by atoms with Crippen LogP contribution in [0.1, 0.15) is 71.1 Å². The quantitative estimate of drug-likeness (QED) is 0.529. The zero-order valence-electron chi connectivity index (χ0n) is 22.8. The highest BCUT2D eigenvalue weighted by Crippen LogP contribution is 2.23. The monoisotopic (exact) mass is 491 g/mol. The minimum atomic E-state index is -0.294. The van der Waals surface area contributed by atoms with Gasteiger partial charge in [-0.3, -0.25) is 10.2 Å². The highest BCUT2D eigenvalue weighted by molar-refractivity contribution is 6.07. The molecular weight excluding hydrogens is 450 g/mol. The Bertz CT molecular complexity index is 1060. The van der Waals surface area contributed by atoms with Crippen LogP contribution in [0.3, 0.4) is 0 Å². The lowest BCUT2D eigenvalue weighted by Crippen LogP contribution is -2.57. The van der Waals surface area contributed by atoms with Crippen LogP contribution < -0.4 is 5.43 Å². The second-order valence-electron chi connectivity index (χ2n) is 10.4. The highest BCUT2D eigenvalue weighted by Gasteiger charge is 2.28. The summed E-state index contributed by atoms with van der Waals surface area (Å²) in [6.45, 7) is 13.5. The molecule has 7 heteroatoms. The number of aliphatic imine (C=N–C) groups is 2. The molecule has 0 aliphatic carbocycles. The van der Waals surface area contributed by atoms with Crippen molar-refractivity contribution in [3.05, 3.63) is 71.3 Å². The first kappa shape index (κ1) is 27.4. The summed E-state index contributed by atoms with van der Waals surface area (Å²) in [7, 11) is 2.00. The lowest BCUT2D eigenvalue weighted by Gasteiger charge is -2.37. The van der Waals surface area contributed by atoms with E-state index in [0.29, 0.717) is 18.4 Å². The van der Waals surface area contributed by atoms with E-state index in [0.717, 1.165) is 24.9 Å². The number of nitrogens with zero attached hydrogens (tertiary/aromatic N) is 4. The molecule has 0 saturated carbocycles. The van der Waals surface area contributed by atoms with Gasteiger partial charge in [-0.15, -0.1) is 0 Å². The Labute approximate surface area is 216 Å². The molecule has 0 bridgehead atoms. The zero-order valence-corrected chi connectivity index (χ0v) is 22.8. The van der Waals surface area contributed by atoms with E-state index in [2.05, 4.69) is 74.4 Å². The van der Waals surface area contributed by atoms with E-state index in [1.54, 1.807) is 5.01 Å². The molecule has 7 nitrogen and oxygen atoms in total. The first-order valence-corrected chi connectivity index (χ1v) is 12.8. The molecule has 2 atom stereocenters. The maximum Gasteiger partial charge on any atom is 0.235 e. The summed E-state index contributed by atoms with van der Waals surface area (Å²) in [4.78, 5) is 23.7. The van der Waals surface area contributed by atoms with Crippen LogP contribution in [0.5, 0.6) is 0 Å². The van der Waals surface area contributed by atoms with E-state index in [9.17, 15) is 4.79 Å². The van der Waals surface area contributed by atoms with Gasteiger partial charge in [-0.05, 0) is 36.3 Å². The molecule has 0 spiro atoms. The molecule has 1 amide bonds. The van der Waals surface area contributed by atoms with Crippen molar-refractivity contribution in [1.29, 1.82) is 0 Å². The molecule has 2 aromatic rings. The van der Waals surface area contributed by atoms with Gasteiger partial charge in [0.15, 0.2) is 5.84 Å². The van der Waals surface area contributed by atoms with E-state index < -0.39 is 0 Å². The number of carbonyl (C=O) groups is 1. The number of hydrogen-bond acceptors (Lipinski definition) is 6. The first-order chi connectivity index (χ1) is 17.1. The average Bonchev–Trinajstić information content (AvgIpc) is 2.85. The third-order valence-electron chi connectivity index (χ3n) is 6.30. The van der Waals surface area contributed by atoms with Gasteiger partial charge >= 0.3 is 0 Å². The molecule has 0 radical (unpaired) electrons. The topological polar surface area (TPSA) is 69.5 Å². The maximum atomic E-state index is 11.9. The normalized spacial score (nSPS) is 16.8. The Morgan fingerprint density at radius 2 is 1.81 bits per heavy atom. The van der Waals surface area contributed by atoms with Crippen LogP contribution in [0.15, 0.2) is 64.6 Å². The van der Waals surface area contributed by atoms with Gasteiger partial charge in [0.2, 0.25) is 11.9 Å². The Morgan fingerprint density at radius 3 is 2.39 bits per heavy atom. The predicted molar refractivity (Wildman–Crippen MR) is 147 cm³/mol. The largest absolute Gasteiger partial charge is 0.373 e. The average molecular weight is 492 g/mol. The number of benzene rings is 2. The van der Waals surface area contributed by atoms with Crippen LogP contribution in [0, 0.1) is 0 Å². The van der Waals surface area contributed by atoms with Crippen LogP contribution >= 0.6 is 0 Å². The van der Waals surface area contributed by atoms with E-state index in [4.69, 9.17) is 14.7 Å². The molecule has 3 rings (SSSR count). The minimum absolute atomic E-state index is 0.0788. The number of nitrogens with one attached hydrogen (secondary N) is 1. The van der Waals surface area contributed by atoms with Gasteiger partial charge in [0.1, 0.15) is 6.17 Å². The van der Waals surface area contributed by atoms with Crippen LogP contribution in [0.2, 0.25) is 0 Å². The Balaban J connectivity index is 1.75. The zero-order chi connectivity index (χ0) is 26.3. The molecule has 2 unspecified atom stereocenters. The first-order valence-electron chi connectivity index (χ1n) is 12.8. The molecule has 1 N–H and O–H groups in total. The number of guanidine groups is 1. The Hall–Kier alpha value is -3.19. The molecule has 1 aliphatic heterocycles. The summed E-state index contributed by atoms with van der Waals surface area (Å²) in [5, 5.41) is 1.74. The Morgan fingerprint density at radius 1 is 1.14 bits per heavy atom. The fourth-order valence-electron chi connectivity index (χ4n) is 4.05. The number of hydrogen-bond donors (Lipinski definition) is 1. The lowest BCUT2D eigenvalue weighted by molar-refractivity contribution is -0.123.